The third-order valence-corrected chi connectivity index (χ3v) is 5.99. The molecule has 0 bridgehead atoms. The van der Waals surface area contributed by atoms with E-state index in [-0.39, 0.29) is 0 Å². The van der Waals surface area contributed by atoms with Gasteiger partial charge in [-0.25, -0.2) is 0 Å². The SMILES string of the molecule is C1=C(\C2=C\CCCCCCCCCC2)CCCCCCCCCC/1. The first kappa shape index (κ1) is 19.8. The van der Waals surface area contributed by atoms with Gasteiger partial charge in [0.15, 0.2) is 0 Å². The van der Waals surface area contributed by atoms with Crippen molar-refractivity contribution in [2.24, 2.45) is 0 Å². The van der Waals surface area contributed by atoms with Gasteiger partial charge in [-0.15, -0.1) is 0 Å². The average Bonchev–Trinajstić information content (AvgIpc) is 2.56. The van der Waals surface area contributed by atoms with E-state index in [0.717, 1.165) is 0 Å². The molecule has 0 heteroatoms. The van der Waals surface area contributed by atoms with Gasteiger partial charge >= 0.3 is 0 Å². The van der Waals surface area contributed by atoms with Crippen molar-refractivity contribution in [2.45, 2.75) is 128 Å². The summed E-state index contributed by atoms with van der Waals surface area (Å²) in [5.74, 6) is 0. The average molecular weight is 331 g/mol. The van der Waals surface area contributed by atoms with Gasteiger partial charge in [0.1, 0.15) is 0 Å². The Morgan fingerprint density at radius 1 is 0.333 bits per heavy atom. The zero-order valence-electron chi connectivity index (χ0n) is 16.3. The van der Waals surface area contributed by atoms with Crippen LogP contribution in [0.15, 0.2) is 23.3 Å². The van der Waals surface area contributed by atoms with E-state index >= 15 is 0 Å². The second-order valence-electron chi connectivity index (χ2n) is 8.19. The Kier molecular flexibility index (Phi) is 11.3. The van der Waals surface area contributed by atoms with Crippen LogP contribution in [0.4, 0.5) is 0 Å². The maximum atomic E-state index is 2.64. The fraction of sp³-hybridized carbons (Fsp3) is 0.833. The predicted octanol–water partition coefficient (Wildman–Crippen LogP) is 8.67. The molecule has 2 rings (SSSR count). The molecule has 0 saturated heterocycles. The molecular weight excluding hydrogens is 288 g/mol. The van der Waals surface area contributed by atoms with Gasteiger partial charge < -0.3 is 0 Å². The molecule has 0 N–H and O–H groups in total. The lowest BCUT2D eigenvalue weighted by Crippen LogP contribution is -1.95. The molecule has 24 heavy (non-hydrogen) atoms. The van der Waals surface area contributed by atoms with Gasteiger partial charge in [-0.1, -0.05) is 89.2 Å². The summed E-state index contributed by atoms with van der Waals surface area (Å²) in [5.41, 5.74) is 3.49. The zero-order chi connectivity index (χ0) is 16.7. The van der Waals surface area contributed by atoms with Crippen molar-refractivity contribution < 1.29 is 0 Å². The molecule has 0 nitrogen and oxygen atoms in total. The topological polar surface area (TPSA) is 0 Å². The summed E-state index contributed by atoms with van der Waals surface area (Å²) in [6, 6.07) is 0. The number of rotatable bonds is 1. The van der Waals surface area contributed by atoms with Crippen molar-refractivity contribution in [3.63, 3.8) is 0 Å². The third-order valence-electron chi connectivity index (χ3n) is 5.99. The fourth-order valence-electron chi connectivity index (χ4n) is 4.38. The van der Waals surface area contributed by atoms with Crippen molar-refractivity contribution in [1.82, 2.24) is 0 Å². The summed E-state index contributed by atoms with van der Waals surface area (Å²) in [5, 5.41) is 0. The van der Waals surface area contributed by atoms with E-state index in [0.29, 0.717) is 0 Å². The van der Waals surface area contributed by atoms with E-state index in [1.54, 1.807) is 11.1 Å². The maximum Gasteiger partial charge on any atom is -0.0279 e. The van der Waals surface area contributed by atoms with Gasteiger partial charge in [0, 0.05) is 0 Å². The highest BCUT2D eigenvalue weighted by atomic mass is 14.1. The summed E-state index contributed by atoms with van der Waals surface area (Å²) in [6.07, 6.45) is 33.8. The lowest BCUT2D eigenvalue weighted by Gasteiger charge is -2.15. The standard InChI is InChI=1S/C24H42/c1-3-7-11-15-19-23(20-16-12-8-4-1)24-21-17-13-9-5-2-6-10-14-18-22-24/h19,21H,1-18,20,22H2/b23-19-,24-21+. The molecule has 0 aromatic heterocycles. The third kappa shape index (κ3) is 9.09. The molecule has 0 unspecified atom stereocenters. The number of hydrogen-bond acceptors (Lipinski definition) is 0. The van der Waals surface area contributed by atoms with Crippen molar-refractivity contribution in [1.29, 1.82) is 0 Å². The summed E-state index contributed by atoms with van der Waals surface area (Å²) in [7, 11) is 0. The summed E-state index contributed by atoms with van der Waals surface area (Å²) in [6.45, 7) is 0. The molecule has 0 spiro atoms. The van der Waals surface area contributed by atoms with E-state index in [2.05, 4.69) is 12.2 Å². The Balaban J connectivity index is 1.96. The van der Waals surface area contributed by atoms with Crippen LogP contribution in [0.3, 0.4) is 0 Å². The van der Waals surface area contributed by atoms with Crippen LogP contribution in [0.1, 0.15) is 128 Å². The smallest absolute Gasteiger partial charge is 0.0279 e. The van der Waals surface area contributed by atoms with Gasteiger partial charge in [-0.05, 0) is 62.5 Å². The fourth-order valence-corrected chi connectivity index (χ4v) is 4.38. The zero-order valence-corrected chi connectivity index (χ0v) is 16.3. The summed E-state index contributed by atoms with van der Waals surface area (Å²) < 4.78 is 0. The molecule has 0 aromatic rings. The second-order valence-corrected chi connectivity index (χ2v) is 8.19. The van der Waals surface area contributed by atoms with Crippen LogP contribution in [0, 0.1) is 0 Å². The van der Waals surface area contributed by atoms with Crippen LogP contribution in [-0.4, -0.2) is 0 Å². The molecular formula is C24H42. The predicted molar refractivity (Wildman–Crippen MR) is 109 cm³/mol. The molecule has 0 fully saturated rings. The van der Waals surface area contributed by atoms with E-state index < -0.39 is 0 Å². The van der Waals surface area contributed by atoms with Crippen LogP contribution < -0.4 is 0 Å². The van der Waals surface area contributed by atoms with Crippen LogP contribution in [0.25, 0.3) is 0 Å². The molecule has 0 radical (unpaired) electrons. The van der Waals surface area contributed by atoms with E-state index in [1.165, 1.54) is 128 Å². The minimum Gasteiger partial charge on any atom is -0.0811 e. The summed E-state index contributed by atoms with van der Waals surface area (Å²) in [4.78, 5) is 0. The highest BCUT2D eigenvalue weighted by Gasteiger charge is 2.07. The molecule has 2 aliphatic carbocycles. The van der Waals surface area contributed by atoms with Crippen molar-refractivity contribution in [3.8, 4) is 0 Å². The molecule has 0 saturated carbocycles. The van der Waals surface area contributed by atoms with Crippen LogP contribution in [0.5, 0.6) is 0 Å². The first-order valence-electron chi connectivity index (χ1n) is 11.4. The van der Waals surface area contributed by atoms with Crippen molar-refractivity contribution in [2.75, 3.05) is 0 Å². The molecule has 0 amide bonds. The molecule has 0 aliphatic heterocycles. The van der Waals surface area contributed by atoms with Gasteiger partial charge in [0.25, 0.3) is 0 Å². The van der Waals surface area contributed by atoms with E-state index in [9.17, 15) is 0 Å². The summed E-state index contributed by atoms with van der Waals surface area (Å²) >= 11 is 0. The largest absolute Gasteiger partial charge is 0.0811 e. The van der Waals surface area contributed by atoms with Crippen molar-refractivity contribution in [3.05, 3.63) is 23.3 Å². The van der Waals surface area contributed by atoms with Crippen molar-refractivity contribution >= 4 is 0 Å². The normalized spacial score (nSPS) is 28.7. The van der Waals surface area contributed by atoms with Crippen LogP contribution in [-0.2, 0) is 0 Å². The van der Waals surface area contributed by atoms with Gasteiger partial charge in [-0.2, -0.15) is 0 Å². The van der Waals surface area contributed by atoms with E-state index in [1.807, 2.05) is 0 Å². The Morgan fingerprint density at radius 2 is 0.625 bits per heavy atom. The maximum absolute atomic E-state index is 2.64. The lowest BCUT2D eigenvalue weighted by molar-refractivity contribution is 0.555. The molecule has 138 valence electrons. The Labute approximate surface area is 152 Å². The van der Waals surface area contributed by atoms with Gasteiger partial charge in [0.05, 0.1) is 0 Å². The number of hydrogen-bond donors (Lipinski definition) is 0. The van der Waals surface area contributed by atoms with E-state index in [4.69, 9.17) is 0 Å². The Hall–Kier alpha value is -0.520. The Bertz CT molecular complexity index is 324. The molecule has 2 aliphatic rings. The molecule has 0 heterocycles. The number of allylic oxidation sites excluding steroid dienone is 4. The minimum absolute atomic E-state index is 1.33. The lowest BCUT2D eigenvalue weighted by atomic mass is 9.91. The second kappa shape index (κ2) is 13.7. The van der Waals surface area contributed by atoms with Crippen LogP contribution >= 0.6 is 0 Å². The van der Waals surface area contributed by atoms with Gasteiger partial charge in [0.2, 0.25) is 0 Å². The first-order valence-corrected chi connectivity index (χ1v) is 11.4. The Morgan fingerprint density at radius 3 is 1.00 bits per heavy atom. The monoisotopic (exact) mass is 330 g/mol. The first-order chi connectivity index (χ1) is 12.0. The quantitative estimate of drug-likeness (QED) is 0.451. The van der Waals surface area contributed by atoms with Gasteiger partial charge in [-0.3, -0.25) is 0 Å². The molecule has 0 aromatic carbocycles. The highest BCUT2D eigenvalue weighted by Crippen LogP contribution is 2.27. The minimum atomic E-state index is 1.33. The molecule has 0 atom stereocenters. The highest BCUT2D eigenvalue weighted by molar-refractivity contribution is 5.31. The van der Waals surface area contributed by atoms with Crippen LogP contribution in [0.2, 0.25) is 0 Å².